The van der Waals surface area contributed by atoms with Crippen LogP contribution in [0, 0.1) is 0 Å². The van der Waals surface area contributed by atoms with Gasteiger partial charge in [-0.3, -0.25) is 9.36 Å². The fraction of sp³-hybridized carbons (Fsp3) is 0.0714. The van der Waals surface area contributed by atoms with Crippen molar-refractivity contribution in [3.05, 3.63) is 113 Å². The third-order valence-electron chi connectivity index (χ3n) is 5.20. The van der Waals surface area contributed by atoms with Crippen LogP contribution in [0.4, 0.5) is 0 Å². The summed E-state index contributed by atoms with van der Waals surface area (Å²) in [6.45, 7) is 0. The molecule has 180 valence electrons. The zero-order chi connectivity index (χ0) is 25.5. The number of benzene rings is 3. The molecule has 0 saturated heterocycles. The van der Waals surface area contributed by atoms with Gasteiger partial charge in [-0.15, -0.1) is 0 Å². The highest BCUT2D eigenvalue weighted by Gasteiger charge is 2.25. The Balaban J connectivity index is 2.06. The molecule has 0 aliphatic heterocycles. The summed E-state index contributed by atoms with van der Waals surface area (Å²) in [7, 11) is 2.31. The quantitative estimate of drug-likeness (QED) is 0.222. The zero-order valence-electron chi connectivity index (χ0n) is 19.6. The third kappa shape index (κ3) is 5.07. The van der Waals surface area contributed by atoms with Crippen molar-refractivity contribution in [2.24, 2.45) is 0 Å². The lowest BCUT2D eigenvalue weighted by molar-refractivity contribution is -0.140. The van der Waals surface area contributed by atoms with Crippen molar-refractivity contribution >= 4 is 11.9 Å². The molecule has 0 atom stereocenters. The Labute approximate surface area is 207 Å². The lowest BCUT2D eigenvalue weighted by Gasteiger charge is -2.18. The van der Waals surface area contributed by atoms with Gasteiger partial charge < -0.3 is 14.2 Å². The van der Waals surface area contributed by atoms with E-state index in [1.165, 1.54) is 4.57 Å². The van der Waals surface area contributed by atoms with Gasteiger partial charge in [0.25, 0.3) is 5.56 Å². The number of nitrogens with zero attached hydrogens (tertiary/aromatic N) is 2. The Bertz CT molecular complexity index is 1460. The summed E-state index contributed by atoms with van der Waals surface area (Å²) in [5.74, 6) is -2.14. The van der Waals surface area contributed by atoms with Crippen LogP contribution in [0.25, 0.3) is 28.2 Å². The fourth-order valence-corrected chi connectivity index (χ4v) is 3.53. The largest absolute Gasteiger partial charge is 0.466 e. The highest BCUT2D eigenvalue weighted by molar-refractivity contribution is 5.95. The molecule has 0 amide bonds. The van der Waals surface area contributed by atoms with E-state index in [0.717, 1.165) is 20.3 Å². The first-order chi connectivity index (χ1) is 17.5. The van der Waals surface area contributed by atoms with Crippen molar-refractivity contribution in [1.29, 1.82) is 0 Å². The van der Waals surface area contributed by atoms with Crippen LogP contribution in [-0.2, 0) is 19.1 Å². The van der Waals surface area contributed by atoms with Gasteiger partial charge in [-0.05, 0) is 17.7 Å². The molecule has 4 rings (SSSR count). The number of methoxy groups -OCH3 is 2. The molecule has 3 aromatic carbocycles. The Morgan fingerprint density at radius 1 is 0.778 bits per heavy atom. The van der Waals surface area contributed by atoms with Gasteiger partial charge in [0.2, 0.25) is 11.6 Å². The number of carbonyl (C=O) groups excluding carboxylic acids is 2. The average molecular weight is 482 g/mol. The molecule has 4 aromatic rings. The van der Waals surface area contributed by atoms with Gasteiger partial charge in [0.05, 0.1) is 26.0 Å². The summed E-state index contributed by atoms with van der Waals surface area (Å²) in [6.07, 6.45) is 0.840. The van der Waals surface area contributed by atoms with Gasteiger partial charge in [0, 0.05) is 5.56 Å². The molecule has 0 radical (unpaired) electrons. The number of esters is 2. The number of hydrogen-bond donors (Lipinski definition) is 0. The molecule has 0 fully saturated rings. The van der Waals surface area contributed by atoms with Crippen molar-refractivity contribution in [3.8, 4) is 34.1 Å². The van der Waals surface area contributed by atoms with Crippen molar-refractivity contribution in [3.63, 3.8) is 0 Å². The van der Waals surface area contributed by atoms with Crippen molar-refractivity contribution in [2.45, 2.75) is 0 Å². The molecule has 0 spiro atoms. The summed E-state index contributed by atoms with van der Waals surface area (Å²) in [6, 6.07) is 27.0. The SMILES string of the molecule is COC(=O)/C=C(/Oc1nc(-c2ccccc2)n(-c2ccccc2)c(=O)c1-c1ccccc1)C(=O)OC. The zero-order valence-corrected chi connectivity index (χ0v) is 19.6. The Hall–Kier alpha value is -4.98. The molecule has 0 saturated carbocycles. The number of rotatable bonds is 7. The van der Waals surface area contributed by atoms with Crippen LogP contribution in [0.3, 0.4) is 0 Å². The van der Waals surface area contributed by atoms with E-state index < -0.39 is 23.3 Å². The highest BCUT2D eigenvalue weighted by Crippen LogP contribution is 2.31. The maximum absolute atomic E-state index is 14.1. The standard InChI is InChI=1S/C28H22N2O6/c1-34-23(31)18-22(28(33)35-2)36-26-24(19-12-6-3-7-13-19)27(32)30(21-16-10-5-11-17-21)25(29-26)20-14-8-4-9-15-20/h3-18H,1-2H3/b22-18+. The molecule has 0 aliphatic rings. The molecule has 1 heterocycles. The second kappa shape index (κ2) is 11.0. The van der Waals surface area contributed by atoms with Gasteiger partial charge in [0.15, 0.2) is 5.82 Å². The minimum absolute atomic E-state index is 0.0961. The van der Waals surface area contributed by atoms with E-state index >= 15 is 0 Å². The van der Waals surface area contributed by atoms with Gasteiger partial charge in [-0.1, -0.05) is 78.9 Å². The van der Waals surface area contributed by atoms with E-state index in [1.807, 2.05) is 42.5 Å². The van der Waals surface area contributed by atoms with Crippen molar-refractivity contribution < 1.29 is 23.8 Å². The van der Waals surface area contributed by atoms with E-state index in [4.69, 9.17) is 9.47 Å². The van der Waals surface area contributed by atoms with Crippen LogP contribution in [0.2, 0.25) is 0 Å². The van der Waals surface area contributed by atoms with Gasteiger partial charge in [-0.25, -0.2) is 9.59 Å². The molecule has 36 heavy (non-hydrogen) atoms. The molecule has 8 nitrogen and oxygen atoms in total. The van der Waals surface area contributed by atoms with E-state index in [2.05, 4.69) is 9.72 Å². The van der Waals surface area contributed by atoms with Crippen LogP contribution in [-0.4, -0.2) is 35.7 Å². The second-order valence-corrected chi connectivity index (χ2v) is 7.45. The predicted molar refractivity (Wildman–Crippen MR) is 133 cm³/mol. The summed E-state index contributed by atoms with van der Waals surface area (Å²) in [5, 5.41) is 0. The summed E-state index contributed by atoms with van der Waals surface area (Å²) in [5.41, 5.74) is 1.41. The number of carbonyl (C=O) groups is 2. The highest BCUT2D eigenvalue weighted by atomic mass is 16.6. The molecule has 8 heteroatoms. The monoisotopic (exact) mass is 482 g/mol. The summed E-state index contributed by atoms with van der Waals surface area (Å²) < 4.78 is 16.7. The maximum atomic E-state index is 14.1. The Morgan fingerprint density at radius 3 is 1.89 bits per heavy atom. The first kappa shape index (κ1) is 24.2. The molecular weight excluding hydrogens is 460 g/mol. The number of para-hydroxylation sites is 1. The Morgan fingerprint density at radius 2 is 1.33 bits per heavy atom. The van der Waals surface area contributed by atoms with Crippen molar-refractivity contribution in [1.82, 2.24) is 9.55 Å². The Kier molecular flexibility index (Phi) is 7.36. The van der Waals surface area contributed by atoms with Crippen LogP contribution >= 0.6 is 0 Å². The van der Waals surface area contributed by atoms with Crippen LogP contribution in [0.15, 0.2) is 108 Å². The first-order valence-corrected chi connectivity index (χ1v) is 10.9. The van der Waals surface area contributed by atoms with E-state index in [0.29, 0.717) is 16.8 Å². The fourth-order valence-electron chi connectivity index (χ4n) is 3.53. The third-order valence-corrected chi connectivity index (χ3v) is 5.20. The predicted octanol–water partition coefficient (Wildman–Crippen LogP) is 4.18. The summed E-state index contributed by atoms with van der Waals surface area (Å²) >= 11 is 0. The van der Waals surface area contributed by atoms with Crippen LogP contribution < -0.4 is 10.3 Å². The first-order valence-electron chi connectivity index (χ1n) is 10.9. The molecule has 0 N–H and O–H groups in total. The van der Waals surface area contributed by atoms with Crippen molar-refractivity contribution in [2.75, 3.05) is 14.2 Å². The van der Waals surface area contributed by atoms with Gasteiger partial charge in [0.1, 0.15) is 5.56 Å². The van der Waals surface area contributed by atoms with Crippen LogP contribution in [0.5, 0.6) is 5.88 Å². The second-order valence-electron chi connectivity index (χ2n) is 7.45. The molecule has 0 bridgehead atoms. The minimum atomic E-state index is -0.935. The number of hydrogen-bond acceptors (Lipinski definition) is 7. The number of ether oxygens (including phenoxy) is 3. The summed E-state index contributed by atoms with van der Waals surface area (Å²) in [4.78, 5) is 43.1. The molecule has 0 aliphatic carbocycles. The van der Waals surface area contributed by atoms with Gasteiger partial charge >= 0.3 is 11.9 Å². The topological polar surface area (TPSA) is 96.7 Å². The smallest absolute Gasteiger partial charge is 0.374 e. The van der Waals surface area contributed by atoms with E-state index in [9.17, 15) is 14.4 Å². The normalized spacial score (nSPS) is 11.0. The van der Waals surface area contributed by atoms with Crippen LogP contribution in [0.1, 0.15) is 0 Å². The average Bonchev–Trinajstić information content (AvgIpc) is 2.93. The molecule has 1 aromatic heterocycles. The van der Waals surface area contributed by atoms with E-state index in [1.54, 1.807) is 48.5 Å². The maximum Gasteiger partial charge on any atom is 0.374 e. The van der Waals surface area contributed by atoms with E-state index in [-0.39, 0.29) is 17.3 Å². The molecule has 0 unspecified atom stereocenters. The van der Waals surface area contributed by atoms with Gasteiger partial charge in [-0.2, -0.15) is 4.98 Å². The minimum Gasteiger partial charge on any atom is -0.466 e. The lowest BCUT2D eigenvalue weighted by atomic mass is 10.1. The number of aromatic nitrogens is 2. The molecular formula is C28H22N2O6. The lowest BCUT2D eigenvalue weighted by Crippen LogP contribution is -2.25.